The normalized spacial score (nSPS) is 35.7. The van der Waals surface area contributed by atoms with Crippen molar-refractivity contribution in [3.63, 3.8) is 0 Å². The third-order valence-electron chi connectivity index (χ3n) is 9.79. The largest absolute Gasteiger partial charge is 0.504 e. The molecule has 0 radical (unpaired) electrons. The number of amides is 1. The first-order valence-electron chi connectivity index (χ1n) is 13.2. The van der Waals surface area contributed by atoms with Crippen LogP contribution < -0.4 is 4.74 Å². The Bertz CT molecular complexity index is 1190. The van der Waals surface area contributed by atoms with E-state index >= 15 is 0 Å². The molecule has 2 bridgehead atoms. The van der Waals surface area contributed by atoms with Crippen LogP contribution in [0.25, 0.3) is 0 Å². The van der Waals surface area contributed by atoms with E-state index in [4.69, 9.17) is 4.74 Å². The van der Waals surface area contributed by atoms with E-state index in [0.29, 0.717) is 18.6 Å². The van der Waals surface area contributed by atoms with Crippen LogP contribution in [0.3, 0.4) is 0 Å². The van der Waals surface area contributed by atoms with Crippen LogP contribution in [0, 0.1) is 5.92 Å². The van der Waals surface area contributed by atoms with E-state index < -0.39 is 11.0 Å². The minimum Gasteiger partial charge on any atom is -0.504 e. The summed E-state index contributed by atoms with van der Waals surface area (Å²) in [4.78, 5) is 17.6. The van der Waals surface area contributed by atoms with Crippen molar-refractivity contribution in [2.24, 2.45) is 5.92 Å². The highest BCUT2D eigenvalue weighted by Crippen LogP contribution is 2.66. The summed E-state index contributed by atoms with van der Waals surface area (Å²) in [5.41, 5.74) is 1.73. The summed E-state index contributed by atoms with van der Waals surface area (Å²) in [6.45, 7) is 1.98. The Morgan fingerprint density at radius 1 is 1.28 bits per heavy atom. The van der Waals surface area contributed by atoms with Crippen LogP contribution in [0.15, 0.2) is 48.1 Å². The number of allylic oxidation sites excluding steroid dienone is 5. The van der Waals surface area contributed by atoms with E-state index in [0.717, 1.165) is 49.4 Å². The van der Waals surface area contributed by atoms with Gasteiger partial charge in [-0.05, 0) is 80.7 Å². The van der Waals surface area contributed by atoms with Crippen LogP contribution in [0.4, 0.5) is 0 Å². The van der Waals surface area contributed by atoms with Crippen molar-refractivity contribution in [1.29, 1.82) is 0 Å². The second-order valence-electron chi connectivity index (χ2n) is 11.5. The Kier molecular flexibility index (Phi) is 5.60. The van der Waals surface area contributed by atoms with Crippen LogP contribution in [0.5, 0.6) is 11.5 Å². The molecule has 7 rings (SSSR count). The number of phenols is 1. The molecule has 2 heterocycles. The molecule has 1 amide bonds. The predicted molar refractivity (Wildman–Crippen MR) is 140 cm³/mol. The lowest BCUT2D eigenvalue weighted by molar-refractivity contribution is -0.200. The number of aromatic hydroxyl groups is 1. The van der Waals surface area contributed by atoms with E-state index in [1.165, 1.54) is 18.4 Å². The van der Waals surface area contributed by atoms with E-state index in [1.807, 2.05) is 25.3 Å². The van der Waals surface area contributed by atoms with Crippen LogP contribution in [0.2, 0.25) is 0 Å². The minimum atomic E-state index is -0.924. The first-order valence-corrected chi connectivity index (χ1v) is 13.2. The number of hydrogen-bond acceptors (Lipinski definition) is 5. The van der Waals surface area contributed by atoms with Crippen molar-refractivity contribution in [2.45, 2.75) is 74.1 Å². The Balaban J connectivity index is 0.00000240. The summed E-state index contributed by atoms with van der Waals surface area (Å²) < 4.78 is 6.60. The first kappa shape index (κ1) is 24.1. The molecule has 1 saturated heterocycles. The molecule has 2 aliphatic heterocycles. The molecular formula is C29H35ClN2O4. The maximum absolute atomic E-state index is 13.2. The van der Waals surface area contributed by atoms with E-state index in [1.54, 1.807) is 17.0 Å². The lowest BCUT2D eigenvalue weighted by Gasteiger charge is -2.64. The maximum Gasteiger partial charge on any atom is 0.246 e. The standard InChI is InChI=1S/C29H34N2O4.ClH/c1-30(24(33)11-8-18-4-2-3-5-18)21-12-13-29(34)23-16-20-9-10-22(32)26-25(20)28(29,27(21)35-26)14-15-31(23)17-19-6-7-19;/h2,4-5,8-11,19,21,23,27,32,34H,3,6-7,12-17H2,1H3;1H/b11-8+;/t21-,23-,27+,28+,29-;/m1./s1. The molecule has 3 fully saturated rings. The lowest BCUT2D eigenvalue weighted by atomic mass is 9.48. The smallest absolute Gasteiger partial charge is 0.246 e. The number of benzene rings is 1. The molecule has 36 heavy (non-hydrogen) atoms. The molecule has 2 N–H and O–H groups in total. The molecule has 4 aliphatic carbocycles. The number of halogens is 1. The van der Waals surface area contributed by atoms with E-state index in [9.17, 15) is 15.0 Å². The van der Waals surface area contributed by atoms with Crippen molar-refractivity contribution in [3.05, 3.63) is 59.2 Å². The topological polar surface area (TPSA) is 73.2 Å². The molecule has 6 aliphatic rings. The van der Waals surface area contributed by atoms with Gasteiger partial charge in [-0.15, -0.1) is 12.4 Å². The van der Waals surface area contributed by atoms with E-state index in [2.05, 4.69) is 17.1 Å². The molecule has 0 aromatic heterocycles. The first-order chi connectivity index (χ1) is 16.9. The zero-order valence-electron chi connectivity index (χ0n) is 20.7. The number of likely N-dealkylation sites (N-methyl/N-ethyl adjacent to an activating group) is 1. The van der Waals surface area contributed by atoms with Gasteiger partial charge < -0.3 is 19.8 Å². The van der Waals surface area contributed by atoms with Gasteiger partial charge in [-0.2, -0.15) is 0 Å². The average molecular weight is 511 g/mol. The number of likely N-dealkylation sites (tertiary alicyclic amines) is 1. The highest BCUT2D eigenvalue weighted by atomic mass is 35.5. The molecule has 6 nitrogen and oxygen atoms in total. The third kappa shape index (κ3) is 3.20. The Morgan fingerprint density at radius 3 is 2.86 bits per heavy atom. The second kappa shape index (κ2) is 8.37. The summed E-state index contributed by atoms with van der Waals surface area (Å²) in [5, 5.41) is 23.3. The molecule has 1 aromatic rings. The van der Waals surface area contributed by atoms with Gasteiger partial charge in [-0.1, -0.05) is 24.3 Å². The number of rotatable bonds is 5. The third-order valence-corrected chi connectivity index (χ3v) is 9.79. The highest BCUT2D eigenvalue weighted by Gasteiger charge is 2.73. The summed E-state index contributed by atoms with van der Waals surface area (Å²) in [5.74, 6) is 1.38. The number of hydrogen-bond donors (Lipinski definition) is 2. The van der Waals surface area contributed by atoms with Crippen molar-refractivity contribution in [3.8, 4) is 11.5 Å². The summed E-state index contributed by atoms with van der Waals surface area (Å²) >= 11 is 0. The lowest BCUT2D eigenvalue weighted by Crippen LogP contribution is -2.78. The predicted octanol–water partition coefficient (Wildman–Crippen LogP) is 3.65. The van der Waals surface area contributed by atoms with E-state index in [-0.39, 0.29) is 42.3 Å². The number of ether oxygens (including phenoxy) is 1. The fraction of sp³-hybridized carbons (Fsp3) is 0.552. The number of phenolic OH excluding ortho intramolecular Hbond substituents is 1. The van der Waals surface area contributed by atoms with Crippen LogP contribution in [-0.4, -0.2) is 69.8 Å². The van der Waals surface area contributed by atoms with Crippen LogP contribution in [-0.2, 0) is 16.6 Å². The molecule has 1 spiro atoms. The van der Waals surface area contributed by atoms with Gasteiger partial charge in [-0.25, -0.2) is 0 Å². The molecule has 1 aromatic carbocycles. The van der Waals surface area contributed by atoms with Gasteiger partial charge >= 0.3 is 0 Å². The summed E-state index contributed by atoms with van der Waals surface area (Å²) in [6, 6.07) is 3.64. The summed E-state index contributed by atoms with van der Waals surface area (Å²) in [7, 11) is 1.85. The number of piperidine rings is 1. The van der Waals surface area contributed by atoms with Gasteiger partial charge in [0.25, 0.3) is 0 Å². The molecular weight excluding hydrogens is 476 g/mol. The fourth-order valence-corrected chi connectivity index (χ4v) is 7.90. The number of carbonyl (C=O) groups excluding carboxylic acids is 1. The quantitative estimate of drug-likeness (QED) is 0.592. The minimum absolute atomic E-state index is 0. The van der Waals surface area contributed by atoms with Crippen molar-refractivity contribution < 1.29 is 19.7 Å². The summed E-state index contributed by atoms with van der Waals surface area (Å²) in [6.07, 6.45) is 15.7. The van der Waals surface area contributed by atoms with Crippen LogP contribution >= 0.6 is 12.4 Å². The molecule has 5 atom stereocenters. The van der Waals surface area contributed by atoms with Gasteiger partial charge in [0.15, 0.2) is 11.5 Å². The zero-order valence-corrected chi connectivity index (χ0v) is 21.5. The Morgan fingerprint density at radius 2 is 2.11 bits per heavy atom. The SMILES string of the molecule is CN(C(=O)/C=C/C1=CCC=C1)[C@@H]1CC[C@@]2(O)[C@H]3Cc4ccc(O)c5c4[C@@]2(CCN3CC2CC2)[C@H]1O5.Cl. The fourth-order valence-electron chi connectivity index (χ4n) is 7.90. The van der Waals surface area contributed by atoms with Gasteiger partial charge in [0.1, 0.15) is 6.10 Å². The van der Waals surface area contributed by atoms with Gasteiger partial charge in [0.2, 0.25) is 5.91 Å². The maximum atomic E-state index is 13.2. The van der Waals surface area contributed by atoms with Crippen molar-refractivity contribution in [1.82, 2.24) is 9.80 Å². The van der Waals surface area contributed by atoms with Gasteiger partial charge in [-0.3, -0.25) is 9.69 Å². The Labute approximate surface area is 218 Å². The number of carbonyl (C=O) groups is 1. The van der Waals surface area contributed by atoms with Crippen molar-refractivity contribution in [2.75, 3.05) is 20.1 Å². The van der Waals surface area contributed by atoms with Crippen LogP contribution in [0.1, 0.15) is 49.7 Å². The molecule has 7 heteroatoms. The highest BCUT2D eigenvalue weighted by molar-refractivity contribution is 5.88. The number of nitrogens with zero attached hydrogens (tertiary/aromatic N) is 2. The molecule has 2 saturated carbocycles. The monoisotopic (exact) mass is 510 g/mol. The molecule has 192 valence electrons. The van der Waals surface area contributed by atoms with Gasteiger partial charge in [0.05, 0.1) is 17.1 Å². The Hall–Kier alpha value is -2.28. The number of aliphatic hydroxyl groups is 1. The zero-order chi connectivity index (χ0) is 23.9. The van der Waals surface area contributed by atoms with Crippen molar-refractivity contribution >= 4 is 18.3 Å². The second-order valence-corrected chi connectivity index (χ2v) is 11.5. The molecule has 0 unspecified atom stereocenters. The van der Waals surface area contributed by atoms with Gasteiger partial charge in [0, 0.05) is 31.3 Å². The average Bonchev–Trinajstić information content (AvgIpc) is 3.36.